The van der Waals surface area contributed by atoms with Crippen LogP contribution < -0.4 is 0 Å². The zero-order valence-electron chi connectivity index (χ0n) is 11.5. The lowest BCUT2D eigenvalue weighted by Gasteiger charge is -2.33. The Morgan fingerprint density at radius 1 is 1.18 bits per heavy atom. The average molecular weight is 341 g/mol. The summed E-state index contributed by atoms with van der Waals surface area (Å²) in [7, 11) is -4.58. The minimum Gasteiger partial charge on any atom is -0.381 e. The maximum atomic E-state index is 13.7. The molecule has 0 aromatic heterocycles. The van der Waals surface area contributed by atoms with E-state index in [4.69, 9.17) is 4.74 Å². The number of hydrogen-bond acceptors (Lipinski definition) is 3. The van der Waals surface area contributed by atoms with E-state index in [1.807, 2.05) is 0 Å². The molecule has 1 aliphatic heterocycles. The third-order valence-corrected chi connectivity index (χ3v) is 5.29. The first kappa shape index (κ1) is 17.2. The Bertz CT molecular complexity index is 612. The second-order valence-corrected chi connectivity index (χ2v) is 6.80. The minimum atomic E-state index is -4.71. The van der Waals surface area contributed by atoms with E-state index in [2.05, 4.69) is 0 Å². The molecule has 0 radical (unpaired) electrons. The van der Waals surface area contributed by atoms with Gasteiger partial charge < -0.3 is 4.74 Å². The fraction of sp³-hybridized carbons (Fsp3) is 0.538. The van der Waals surface area contributed by atoms with Gasteiger partial charge in [0.2, 0.25) is 10.0 Å². The Morgan fingerprint density at radius 3 is 2.32 bits per heavy atom. The summed E-state index contributed by atoms with van der Waals surface area (Å²) in [6.45, 7) is -1.30. The summed E-state index contributed by atoms with van der Waals surface area (Å²) in [5.74, 6) is -1.07. The predicted molar refractivity (Wildman–Crippen MR) is 70.2 cm³/mol. The number of nitrogens with zero attached hydrogens (tertiary/aromatic N) is 1. The van der Waals surface area contributed by atoms with Crippen molar-refractivity contribution in [2.24, 2.45) is 0 Å². The number of sulfonamides is 1. The second kappa shape index (κ2) is 6.51. The van der Waals surface area contributed by atoms with Crippen LogP contribution in [-0.2, 0) is 14.8 Å². The molecule has 1 aromatic carbocycles. The summed E-state index contributed by atoms with van der Waals surface area (Å²) in [6, 6.07) is 3.55. The number of hydrogen-bond donors (Lipinski definition) is 0. The highest BCUT2D eigenvalue weighted by atomic mass is 32.2. The van der Waals surface area contributed by atoms with E-state index in [1.165, 1.54) is 12.1 Å². The minimum absolute atomic E-state index is 0.143. The first-order valence-electron chi connectivity index (χ1n) is 6.63. The molecular weight excluding hydrogens is 326 g/mol. The summed E-state index contributed by atoms with van der Waals surface area (Å²) in [4.78, 5) is -0.745. The van der Waals surface area contributed by atoms with E-state index in [9.17, 15) is 26.0 Å². The van der Waals surface area contributed by atoms with Gasteiger partial charge >= 0.3 is 6.18 Å². The molecule has 2 rings (SSSR count). The second-order valence-electron chi connectivity index (χ2n) is 4.94. The number of halogens is 4. The molecule has 0 unspecified atom stereocenters. The Balaban J connectivity index is 2.40. The van der Waals surface area contributed by atoms with Crippen molar-refractivity contribution in [1.29, 1.82) is 0 Å². The van der Waals surface area contributed by atoms with Gasteiger partial charge in [-0.15, -0.1) is 0 Å². The molecule has 0 bridgehead atoms. The standard InChI is InChI=1S/C13H15F4NO3S/c14-11-3-1-2-4-12(11)22(19,20)18(9-13(15,16)17)10-5-7-21-8-6-10/h1-4,10H,5-9H2. The number of benzene rings is 1. The van der Waals surface area contributed by atoms with Crippen molar-refractivity contribution < 1.29 is 30.7 Å². The summed E-state index contributed by atoms with van der Waals surface area (Å²) in [5.41, 5.74) is 0. The van der Waals surface area contributed by atoms with Crippen molar-refractivity contribution in [1.82, 2.24) is 4.31 Å². The first-order chi connectivity index (χ1) is 10.2. The van der Waals surface area contributed by atoms with Crippen LogP contribution in [0.3, 0.4) is 0 Å². The third-order valence-electron chi connectivity index (χ3n) is 3.36. The molecule has 0 aliphatic carbocycles. The van der Waals surface area contributed by atoms with E-state index >= 15 is 0 Å². The molecular formula is C13H15F4NO3S. The first-order valence-corrected chi connectivity index (χ1v) is 8.07. The quantitative estimate of drug-likeness (QED) is 0.791. The molecule has 0 N–H and O–H groups in total. The van der Waals surface area contributed by atoms with Gasteiger partial charge in [-0.3, -0.25) is 0 Å². The zero-order chi connectivity index (χ0) is 16.4. The topological polar surface area (TPSA) is 46.6 Å². The zero-order valence-corrected chi connectivity index (χ0v) is 12.3. The molecule has 9 heteroatoms. The summed E-state index contributed by atoms with van der Waals surface area (Å²) in [6.07, 6.45) is -4.43. The highest BCUT2D eigenvalue weighted by Gasteiger charge is 2.42. The highest BCUT2D eigenvalue weighted by Crippen LogP contribution is 2.29. The number of ether oxygens (including phenoxy) is 1. The van der Waals surface area contributed by atoms with Crippen LogP contribution in [0.25, 0.3) is 0 Å². The highest BCUT2D eigenvalue weighted by molar-refractivity contribution is 7.89. The van der Waals surface area contributed by atoms with Gasteiger partial charge in [0.1, 0.15) is 17.3 Å². The smallest absolute Gasteiger partial charge is 0.381 e. The fourth-order valence-electron chi connectivity index (χ4n) is 2.34. The normalized spacial score (nSPS) is 17.9. The van der Waals surface area contributed by atoms with E-state index in [0.29, 0.717) is 4.31 Å². The van der Waals surface area contributed by atoms with Crippen molar-refractivity contribution >= 4 is 10.0 Å². The van der Waals surface area contributed by atoms with Gasteiger partial charge in [0.25, 0.3) is 0 Å². The molecule has 4 nitrogen and oxygen atoms in total. The lowest BCUT2D eigenvalue weighted by atomic mass is 10.1. The van der Waals surface area contributed by atoms with Gasteiger partial charge in [-0.05, 0) is 25.0 Å². The largest absolute Gasteiger partial charge is 0.402 e. The maximum absolute atomic E-state index is 13.7. The van der Waals surface area contributed by atoms with Gasteiger partial charge in [-0.25, -0.2) is 12.8 Å². The summed E-state index contributed by atoms with van der Waals surface area (Å²) >= 11 is 0. The molecule has 1 fully saturated rings. The number of alkyl halides is 3. The summed E-state index contributed by atoms with van der Waals surface area (Å²) < 4.78 is 82.4. The maximum Gasteiger partial charge on any atom is 0.402 e. The van der Waals surface area contributed by atoms with Crippen LogP contribution in [0.15, 0.2) is 29.2 Å². The van der Waals surface area contributed by atoms with E-state index in [0.717, 1.165) is 12.1 Å². The molecule has 1 aliphatic rings. The van der Waals surface area contributed by atoms with E-state index in [-0.39, 0.29) is 26.1 Å². The van der Waals surface area contributed by atoms with Crippen LogP contribution in [0, 0.1) is 5.82 Å². The summed E-state index contributed by atoms with van der Waals surface area (Å²) in [5, 5.41) is 0. The molecule has 1 heterocycles. The van der Waals surface area contributed by atoms with E-state index < -0.39 is 39.5 Å². The molecule has 0 amide bonds. The molecule has 0 saturated carbocycles. The van der Waals surface area contributed by atoms with Crippen LogP contribution in [0.4, 0.5) is 17.6 Å². The predicted octanol–water partition coefficient (Wildman–Crippen LogP) is 2.56. The third kappa shape index (κ3) is 3.96. The van der Waals surface area contributed by atoms with Crippen molar-refractivity contribution in [3.8, 4) is 0 Å². The van der Waals surface area contributed by atoms with Gasteiger partial charge in [0.15, 0.2) is 0 Å². The Kier molecular flexibility index (Phi) is 5.08. The lowest BCUT2D eigenvalue weighted by molar-refractivity contribution is -0.141. The van der Waals surface area contributed by atoms with Crippen molar-refractivity contribution in [3.05, 3.63) is 30.1 Å². The monoisotopic (exact) mass is 341 g/mol. The fourth-order valence-corrected chi connectivity index (χ4v) is 4.08. The van der Waals surface area contributed by atoms with Crippen LogP contribution in [0.1, 0.15) is 12.8 Å². The van der Waals surface area contributed by atoms with Crippen molar-refractivity contribution in [3.63, 3.8) is 0 Å². The van der Waals surface area contributed by atoms with Crippen LogP contribution >= 0.6 is 0 Å². The lowest BCUT2D eigenvalue weighted by Crippen LogP contribution is -2.47. The molecule has 22 heavy (non-hydrogen) atoms. The van der Waals surface area contributed by atoms with Gasteiger partial charge in [-0.1, -0.05) is 12.1 Å². The number of rotatable bonds is 4. The van der Waals surface area contributed by atoms with Crippen LogP contribution in [-0.4, -0.2) is 44.7 Å². The Morgan fingerprint density at radius 2 is 1.77 bits per heavy atom. The molecule has 0 spiro atoms. The Hall–Kier alpha value is -1.19. The van der Waals surface area contributed by atoms with E-state index in [1.54, 1.807) is 0 Å². The molecule has 124 valence electrons. The van der Waals surface area contributed by atoms with Gasteiger partial charge in [0.05, 0.1) is 0 Å². The molecule has 0 atom stereocenters. The average Bonchev–Trinajstić information content (AvgIpc) is 2.45. The van der Waals surface area contributed by atoms with Crippen LogP contribution in [0.5, 0.6) is 0 Å². The molecule has 1 saturated heterocycles. The van der Waals surface area contributed by atoms with Gasteiger partial charge in [-0.2, -0.15) is 17.5 Å². The molecule has 1 aromatic rings. The van der Waals surface area contributed by atoms with Gasteiger partial charge in [0, 0.05) is 19.3 Å². The Labute approximate surface area is 125 Å². The SMILES string of the molecule is O=S(=O)(c1ccccc1F)N(CC(F)(F)F)C1CCOCC1. The van der Waals surface area contributed by atoms with Crippen molar-refractivity contribution in [2.75, 3.05) is 19.8 Å². The van der Waals surface area contributed by atoms with Crippen molar-refractivity contribution in [2.45, 2.75) is 30.0 Å². The van der Waals surface area contributed by atoms with Crippen LogP contribution in [0.2, 0.25) is 0 Å².